The molecular weight excluding hydrogens is 182 g/mol. The molecule has 15 heavy (non-hydrogen) atoms. The third-order valence-corrected chi connectivity index (χ3v) is 3.24. The Bertz CT molecular complexity index is 176. The van der Waals surface area contributed by atoms with Gasteiger partial charge in [0, 0.05) is 18.8 Å². The molecule has 0 spiro atoms. The van der Waals surface area contributed by atoms with Gasteiger partial charge in [-0.05, 0) is 38.5 Å². The Kier molecular flexibility index (Phi) is 6.54. The molecule has 0 aliphatic heterocycles. The Morgan fingerprint density at radius 3 is 2.20 bits per heavy atom. The van der Waals surface area contributed by atoms with Crippen molar-refractivity contribution in [3.05, 3.63) is 11.8 Å². The highest BCUT2D eigenvalue weighted by molar-refractivity contribution is 5.04. The lowest BCUT2D eigenvalue weighted by Gasteiger charge is -2.29. The molecule has 0 saturated heterocycles. The van der Waals surface area contributed by atoms with E-state index in [4.69, 9.17) is 0 Å². The summed E-state index contributed by atoms with van der Waals surface area (Å²) in [6.07, 6.45) is 13.2. The molecule has 0 aromatic rings. The van der Waals surface area contributed by atoms with E-state index < -0.39 is 0 Å². The van der Waals surface area contributed by atoms with E-state index in [0.717, 1.165) is 0 Å². The summed E-state index contributed by atoms with van der Waals surface area (Å²) < 4.78 is 0. The zero-order valence-electron chi connectivity index (χ0n) is 10.6. The van der Waals surface area contributed by atoms with E-state index in [1.54, 1.807) is 5.70 Å². The van der Waals surface area contributed by atoms with Crippen LogP contribution in [-0.2, 0) is 0 Å². The lowest BCUT2D eigenvalue weighted by molar-refractivity contribution is 0.311. The fraction of sp³-hybridized carbons (Fsp3) is 0.857. The van der Waals surface area contributed by atoms with Crippen LogP contribution in [-0.4, -0.2) is 18.0 Å². The van der Waals surface area contributed by atoms with Crippen LogP contribution in [0.25, 0.3) is 0 Å². The van der Waals surface area contributed by atoms with Crippen molar-refractivity contribution in [1.82, 2.24) is 4.90 Å². The average molecular weight is 209 g/mol. The molecule has 1 aliphatic carbocycles. The van der Waals surface area contributed by atoms with Gasteiger partial charge >= 0.3 is 0 Å². The van der Waals surface area contributed by atoms with Gasteiger partial charge in [-0.25, -0.2) is 0 Å². The maximum atomic E-state index is 2.64. The molecule has 0 N–H and O–H groups in total. The van der Waals surface area contributed by atoms with Crippen molar-refractivity contribution in [1.29, 1.82) is 0 Å². The quantitative estimate of drug-likeness (QED) is 0.602. The molecule has 0 saturated carbocycles. The van der Waals surface area contributed by atoms with Crippen LogP contribution in [0.1, 0.15) is 65.2 Å². The maximum Gasteiger partial charge on any atom is 0.0174 e. The van der Waals surface area contributed by atoms with Gasteiger partial charge in [0.1, 0.15) is 0 Å². The minimum atomic E-state index is 1.28. The first-order chi connectivity index (χ1) is 7.38. The predicted molar refractivity (Wildman–Crippen MR) is 67.9 cm³/mol. The molecule has 0 bridgehead atoms. The first-order valence-corrected chi connectivity index (χ1v) is 6.82. The zero-order valence-corrected chi connectivity index (χ0v) is 10.6. The molecule has 0 atom stereocenters. The molecule has 0 aromatic heterocycles. The summed E-state index contributed by atoms with van der Waals surface area (Å²) in [6.45, 7) is 7.13. The summed E-state index contributed by atoms with van der Waals surface area (Å²) in [5.74, 6) is 0. The van der Waals surface area contributed by atoms with E-state index in [-0.39, 0.29) is 0 Å². The van der Waals surface area contributed by atoms with Crippen molar-refractivity contribution in [2.45, 2.75) is 65.2 Å². The van der Waals surface area contributed by atoms with Crippen LogP contribution in [0.3, 0.4) is 0 Å². The molecule has 0 aromatic carbocycles. The number of nitrogens with zero attached hydrogens (tertiary/aromatic N) is 1. The highest BCUT2D eigenvalue weighted by atomic mass is 15.1. The maximum absolute atomic E-state index is 2.64. The van der Waals surface area contributed by atoms with Gasteiger partial charge in [-0.1, -0.05) is 32.8 Å². The Morgan fingerprint density at radius 2 is 1.73 bits per heavy atom. The molecule has 0 fully saturated rings. The summed E-state index contributed by atoms with van der Waals surface area (Å²) >= 11 is 0. The second-order valence-corrected chi connectivity index (χ2v) is 4.64. The smallest absolute Gasteiger partial charge is 0.0174 e. The molecular formula is C14H27N. The van der Waals surface area contributed by atoms with E-state index >= 15 is 0 Å². The van der Waals surface area contributed by atoms with Crippen LogP contribution < -0.4 is 0 Å². The van der Waals surface area contributed by atoms with Crippen LogP contribution in [0.15, 0.2) is 11.8 Å². The fourth-order valence-corrected chi connectivity index (χ4v) is 2.21. The molecule has 0 unspecified atom stereocenters. The molecule has 0 heterocycles. The molecule has 0 radical (unpaired) electrons. The van der Waals surface area contributed by atoms with E-state index in [2.05, 4.69) is 24.8 Å². The van der Waals surface area contributed by atoms with Crippen molar-refractivity contribution < 1.29 is 0 Å². The lowest BCUT2D eigenvalue weighted by Crippen LogP contribution is -2.26. The van der Waals surface area contributed by atoms with E-state index in [1.807, 2.05) is 0 Å². The normalized spacial score (nSPS) is 16.3. The van der Waals surface area contributed by atoms with Crippen LogP contribution in [0.2, 0.25) is 0 Å². The Labute approximate surface area is 95.5 Å². The third-order valence-electron chi connectivity index (χ3n) is 3.24. The van der Waals surface area contributed by atoms with Crippen LogP contribution in [0.4, 0.5) is 0 Å². The third kappa shape index (κ3) is 4.72. The molecule has 0 amide bonds. The number of rotatable bonds is 7. The minimum Gasteiger partial charge on any atom is -0.375 e. The SMILES string of the molecule is CCCCN(CCCC)C1=CCCCC1. The average Bonchev–Trinajstić information content (AvgIpc) is 2.30. The minimum absolute atomic E-state index is 1.28. The number of allylic oxidation sites excluding steroid dienone is 2. The first kappa shape index (κ1) is 12.6. The molecule has 1 rings (SSSR count). The van der Waals surface area contributed by atoms with Gasteiger partial charge in [-0.3, -0.25) is 0 Å². The Morgan fingerprint density at radius 1 is 1.07 bits per heavy atom. The van der Waals surface area contributed by atoms with Crippen LogP contribution in [0, 0.1) is 0 Å². The largest absolute Gasteiger partial charge is 0.375 e. The second kappa shape index (κ2) is 7.78. The Balaban J connectivity index is 2.41. The summed E-state index contributed by atoms with van der Waals surface area (Å²) in [6, 6.07) is 0. The molecule has 1 heteroatoms. The van der Waals surface area contributed by atoms with Gasteiger partial charge in [0.2, 0.25) is 0 Å². The van der Waals surface area contributed by atoms with Gasteiger partial charge in [-0.2, -0.15) is 0 Å². The van der Waals surface area contributed by atoms with Crippen molar-refractivity contribution in [2.75, 3.05) is 13.1 Å². The van der Waals surface area contributed by atoms with Gasteiger partial charge in [0.25, 0.3) is 0 Å². The van der Waals surface area contributed by atoms with E-state index in [9.17, 15) is 0 Å². The highest BCUT2D eigenvalue weighted by Crippen LogP contribution is 2.21. The monoisotopic (exact) mass is 209 g/mol. The molecule has 1 nitrogen and oxygen atoms in total. The van der Waals surface area contributed by atoms with Gasteiger partial charge in [0.15, 0.2) is 0 Å². The summed E-state index contributed by atoms with van der Waals surface area (Å²) in [5.41, 5.74) is 1.64. The van der Waals surface area contributed by atoms with E-state index in [0.29, 0.717) is 0 Å². The molecule has 88 valence electrons. The van der Waals surface area contributed by atoms with Gasteiger partial charge in [0.05, 0.1) is 0 Å². The van der Waals surface area contributed by atoms with Crippen molar-refractivity contribution in [2.24, 2.45) is 0 Å². The number of unbranched alkanes of at least 4 members (excludes halogenated alkanes) is 2. The van der Waals surface area contributed by atoms with Gasteiger partial charge < -0.3 is 4.90 Å². The Hall–Kier alpha value is -0.460. The highest BCUT2D eigenvalue weighted by Gasteiger charge is 2.10. The van der Waals surface area contributed by atoms with Gasteiger partial charge in [-0.15, -0.1) is 0 Å². The number of hydrogen-bond acceptors (Lipinski definition) is 1. The fourth-order valence-electron chi connectivity index (χ4n) is 2.21. The first-order valence-electron chi connectivity index (χ1n) is 6.82. The number of hydrogen-bond donors (Lipinski definition) is 0. The summed E-state index contributed by atoms with van der Waals surface area (Å²) in [4.78, 5) is 2.64. The standard InChI is InChI=1S/C14H27N/c1-3-5-12-15(13-6-4-2)14-10-8-7-9-11-14/h10H,3-9,11-13H2,1-2H3. The second-order valence-electron chi connectivity index (χ2n) is 4.64. The van der Waals surface area contributed by atoms with Crippen molar-refractivity contribution in [3.8, 4) is 0 Å². The summed E-state index contributed by atoms with van der Waals surface area (Å²) in [5, 5.41) is 0. The van der Waals surface area contributed by atoms with Crippen molar-refractivity contribution in [3.63, 3.8) is 0 Å². The zero-order chi connectivity index (χ0) is 10.9. The molecule has 1 aliphatic rings. The summed E-state index contributed by atoms with van der Waals surface area (Å²) in [7, 11) is 0. The van der Waals surface area contributed by atoms with Crippen molar-refractivity contribution >= 4 is 0 Å². The lowest BCUT2D eigenvalue weighted by atomic mass is 10.0. The van der Waals surface area contributed by atoms with Crippen LogP contribution in [0.5, 0.6) is 0 Å². The van der Waals surface area contributed by atoms with Crippen LogP contribution >= 0.6 is 0 Å². The van der Waals surface area contributed by atoms with E-state index in [1.165, 1.54) is 64.5 Å². The topological polar surface area (TPSA) is 3.24 Å². The predicted octanol–water partition coefficient (Wildman–Crippen LogP) is 4.35.